The Bertz CT molecular complexity index is 332. The van der Waals surface area contributed by atoms with Crippen LogP contribution in [0.4, 0.5) is 0 Å². The quantitative estimate of drug-likeness (QED) is 0.733. The van der Waals surface area contributed by atoms with Crippen LogP contribution in [0, 0.1) is 5.92 Å². The molecule has 5 heteroatoms. The molecule has 0 spiro atoms. The largest absolute Gasteiger partial charge is 0.384 e. The Balaban J connectivity index is 2.03. The molecule has 2 atom stereocenters. The van der Waals surface area contributed by atoms with Gasteiger partial charge in [0.2, 0.25) is 11.8 Å². The number of carbonyl (C=O) groups excluding carboxylic acids is 2. The van der Waals surface area contributed by atoms with E-state index in [1.54, 1.807) is 12.0 Å². The van der Waals surface area contributed by atoms with Crippen molar-refractivity contribution in [1.29, 1.82) is 0 Å². The molecule has 18 heavy (non-hydrogen) atoms. The summed E-state index contributed by atoms with van der Waals surface area (Å²) in [5.74, 6) is 0.566. The van der Waals surface area contributed by atoms with E-state index in [0.29, 0.717) is 32.0 Å². The highest BCUT2D eigenvalue weighted by atomic mass is 16.5. The zero-order chi connectivity index (χ0) is 13.1. The van der Waals surface area contributed by atoms with Gasteiger partial charge in [-0.15, -0.1) is 0 Å². The van der Waals surface area contributed by atoms with Crippen LogP contribution in [0.3, 0.4) is 0 Å². The lowest BCUT2D eigenvalue weighted by atomic mass is 10.1. The molecule has 5 nitrogen and oxygen atoms in total. The Morgan fingerprint density at radius 1 is 1.39 bits per heavy atom. The SMILES string of the molecule is COCC(C)CN1CCC(=O)N2CCCC2C1=O. The van der Waals surface area contributed by atoms with Crippen molar-refractivity contribution in [2.24, 2.45) is 5.92 Å². The minimum absolute atomic E-state index is 0.126. The first-order valence-electron chi connectivity index (χ1n) is 6.70. The maximum absolute atomic E-state index is 12.4. The summed E-state index contributed by atoms with van der Waals surface area (Å²) in [4.78, 5) is 27.9. The fourth-order valence-electron chi connectivity index (χ4n) is 2.91. The molecule has 0 aromatic heterocycles. The summed E-state index contributed by atoms with van der Waals surface area (Å²) < 4.78 is 5.10. The van der Waals surface area contributed by atoms with Crippen LogP contribution in [-0.2, 0) is 14.3 Å². The lowest BCUT2D eigenvalue weighted by Crippen LogP contribution is -2.45. The lowest BCUT2D eigenvalue weighted by Gasteiger charge is -2.27. The second kappa shape index (κ2) is 5.69. The van der Waals surface area contributed by atoms with E-state index in [1.807, 2.05) is 4.90 Å². The highest BCUT2D eigenvalue weighted by Gasteiger charge is 2.39. The first-order chi connectivity index (χ1) is 8.63. The number of hydrogen-bond acceptors (Lipinski definition) is 3. The number of hydrogen-bond donors (Lipinski definition) is 0. The summed E-state index contributed by atoms with van der Waals surface area (Å²) in [6, 6.07) is -0.199. The van der Waals surface area contributed by atoms with E-state index in [1.165, 1.54) is 0 Å². The van der Waals surface area contributed by atoms with Crippen LogP contribution in [0.5, 0.6) is 0 Å². The minimum Gasteiger partial charge on any atom is -0.384 e. The molecule has 102 valence electrons. The van der Waals surface area contributed by atoms with Gasteiger partial charge in [-0.25, -0.2) is 0 Å². The average molecular weight is 254 g/mol. The number of rotatable bonds is 4. The summed E-state index contributed by atoms with van der Waals surface area (Å²) in [7, 11) is 1.67. The fourth-order valence-corrected chi connectivity index (χ4v) is 2.91. The van der Waals surface area contributed by atoms with E-state index in [9.17, 15) is 9.59 Å². The highest BCUT2D eigenvalue weighted by Crippen LogP contribution is 2.23. The maximum Gasteiger partial charge on any atom is 0.245 e. The third-order valence-corrected chi connectivity index (χ3v) is 3.75. The monoisotopic (exact) mass is 254 g/mol. The maximum atomic E-state index is 12.4. The third-order valence-electron chi connectivity index (χ3n) is 3.75. The summed E-state index contributed by atoms with van der Waals surface area (Å²) in [5, 5.41) is 0. The van der Waals surface area contributed by atoms with Crippen molar-refractivity contribution in [3.05, 3.63) is 0 Å². The first kappa shape index (κ1) is 13.3. The van der Waals surface area contributed by atoms with Gasteiger partial charge in [0, 0.05) is 33.2 Å². The molecule has 2 rings (SSSR count). The number of nitrogens with zero attached hydrogens (tertiary/aromatic N) is 2. The molecule has 2 aliphatic heterocycles. The third kappa shape index (κ3) is 2.66. The molecule has 2 saturated heterocycles. The number of carbonyl (C=O) groups is 2. The molecule has 0 saturated carbocycles. The molecule has 0 N–H and O–H groups in total. The number of amides is 2. The Kier molecular flexibility index (Phi) is 4.22. The first-order valence-corrected chi connectivity index (χ1v) is 6.70. The van der Waals surface area contributed by atoms with Crippen molar-refractivity contribution < 1.29 is 14.3 Å². The van der Waals surface area contributed by atoms with Crippen molar-refractivity contribution in [2.45, 2.75) is 32.2 Å². The number of ether oxygens (including phenoxy) is 1. The Morgan fingerprint density at radius 2 is 2.17 bits per heavy atom. The van der Waals surface area contributed by atoms with Gasteiger partial charge in [0.25, 0.3) is 0 Å². The van der Waals surface area contributed by atoms with Crippen molar-refractivity contribution in [3.63, 3.8) is 0 Å². The van der Waals surface area contributed by atoms with Crippen molar-refractivity contribution >= 4 is 11.8 Å². The zero-order valence-electron chi connectivity index (χ0n) is 11.2. The lowest BCUT2D eigenvalue weighted by molar-refractivity contribution is -0.139. The van der Waals surface area contributed by atoms with Crippen LogP contribution in [0.1, 0.15) is 26.2 Å². The average Bonchev–Trinajstić information content (AvgIpc) is 2.79. The number of methoxy groups -OCH3 is 1. The molecular weight excluding hydrogens is 232 g/mol. The second-order valence-corrected chi connectivity index (χ2v) is 5.34. The minimum atomic E-state index is -0.199. The fraction of sp³-hybridized carbons (Fsp3) is 0.846. The molecule has 0 bridgehead atoms. The summed E-state index contributed by atoms with van der Waals surface area (Å²) in [5.41, 5.74) is 0. The summed E-state index contributed by atoms with van der Waals surface area (Å²) >= 11 is 0. The van der Waals surface area contributed by atoms with E-state index in [4.69, 9.17) is 4.74 Å². The molecule has 0 aliphatic carbocycles. The van der Waals surface area contributed by atoms with Gasteiger partial charge in [-0.2, -0.15) is 0 Å². The van der Waals surface area contributed by atoms with Crippen LogP contribution in [0.15, 0.2) is 0 Å². The molecule has 2 amide bonds. The molecule has 2 aliphatic rings. The van der Waals surface area contributed by atoms with E-state index < -0.39 is 0 Å². The predicted molar refractivity (Wildman–Crippen MR) is 67.0 cm³/mol. The smallest absolute Gasteiger partial charge is 0.245 e. The normalized spacial score (nSPS) is 26.2. The second-order valence-electron chi connectivity index (χ2n) is 5.34. The predicted octanol–water partition coefficient (Wildman–Crippen LogP) is 0.492. The van der Waals surface area contributed by atoms with E-state index >= 15 is 0 Å². The standard InChI is InChI=1S/C13H22N2O3/c1-10(9-18-2)8-14-7-5-12(16)15-6-3-4-11(15)13(14)17/h10-11H,3-9H2,1-2H3. The van der Waals surface area contributed by atoms with Crippen LogP contribution >= 0.6 is 0 Å². The van der Waals surface area contributed by atoms with Crippen molar-refractivity contribution in [1.82, 2.24) is 9.80 Å². The molecule has 2 fully saturated rings. The van der Waals surface area contributed by atoms with E-state index in [0.717, 1.165) is 19.4 Å². The number of fused-ring (bicyclic) bond motifs is 1. The van der Waals surface area contributed by atoms with Gasteiger partial charge >= 0.3 is 0 Å². The molecule has 0 radical (unpaired) electrons. The topological polar surface area (TPSA) is 49.9 Å². The van der Waals surface area contributed by atoms with E-state index in [2.05, 4.69) is 6.92 Å². The van der Waals surface area contributed by atoms with Crippen LogP contribution in [0.2, 0.25) is 0 Å². The molecule has 0 aromatic rings. The van der Waals surface area contributed by atoms with Crippen LogP contribution in [-0.4, -0.2) is 61.0 Å². The highest BCUT2D eigenvalue weighted by molar-refractivity contribution is 5.90. The Morgan fingerprint density at radius 3 is 2.89 bits per heavy atom. The van der Waals surface area contributed by atoms with Gasteiger partial charge < -0.3 is 14.5 Å². The van der Waals surface area contributed by atoms with Crippen molar-refractivity contribution in [3.8, 4) is 0 Å². The van der Waals surface area contributed by atoms with Gasteiger partial charge in [-0.3, -0.25) is 9.59 Å². The van der Waals surface area contributed by atoms with Crippen LogP contribution in [0.25, 0.3) is 0 Å². The molecule has 2 heterocycles. The zero-order valence-corrected chi connectivity index (χ0v) is 11.2. The van der Waals surface area contributed by atoms with E-state index in [-0.39, 0.29) is 17.9 Å². The van der Waals surface area contributed by atoms with Crippen molar-refractivity contribution in [2.75, 3.05) is 33.4 Å². The summed E-state index contributed by atoms with van der Waals surface area (Å²) in [6.45, 7) is 4.70. The van der Waals surface area contributed by atoms with Gasteiger partial charge in [-0.05, 0) is 18.8 Å². The molecular formula is C13H22N2O3. The van der Waals surface area contributed by atoms with Gasteiger partial charge in [0.05, 0.1) is 6.61 Å². The molecule has 2 unspecified atom stereocenters. The Labute approximate surface area is 108 Å². The van der Waals surface area contributed by atoms with Crippen LogP contribution < -0.4 is 0 Å². The summed E-state index contributed by atoms with van der Waals surface area (Å²) in [6.07, 6.45) is 2.23. The Hall–Kier alpha value is -1.10. The van der Waals surface area contributed by atoms with Gasteiger partial charge in [0.15, 0.2) is 0 Å². The van der Waals surface area contributed by atoms with Gasteiger partial charge in [0.1, 0.15) is 6.04 Å². The van der Waals surface area contributed by atoms with Gasteiger partial charge in [-0.1, -0.05) is 6.92 Å². The molecule has 0 aromatic carbocycles.